The maximum absolute atomic E-state index is 6.30. The first-order valence-corrected chi connectivity index (χ1v) is 6.37. The highest BCUT2D eigenvalue weighted by molar-refractivity contribution is 5.85. The van der Waals surface area contributed by atoms with Crippen molar-refractivity contribution in [1.29, 1.82) is 0 Å². The Morgan fingerprint density at radius 1 is 1.16 bits per heavy atom. The molecule has 1 fully saturated rings. The van der Waals surface area contributed by atoms with Crippen LogP contribution < -0.4 is 5.73 Å². The lowest BCUT2D eigenvalue weighted by molar-refractivity contribution is 0.285. The third-order valence-corrected chi connectivity index (χ3v) is 3.66. The topological polar surface area (TPSA) is 64.9 Å². The van der Waals surface area contributed by atoms with Gasteiger partial charge >= 0.3 is 0 Å². The van der Waals surface area contributed by atoms with Crippen molar-refractivity contribution < 1.29 is 4.52 Å². The molecule has 19 heavy (non-hydrogen) atoms. The molecule has 1 aliphatic rings. The molecule has 0 bridgehead atoms. The second-order valence-electron chi connectivity index (χ2n) is 5.15. The molecular formula is C14H18ClN3O. The number of aromatic nitrogens is 2. The third kappa shape index (κ3) is 2.65. The molecule has 1 aromatic heterocycles. The fourth-order valence-corrected chi connectivity index (χ4v) is 2.47. The summed E-state index contributed by atoms with van der Waals surface area (Å²) in [5, 5.41) is 4.04. The van der Waals surface area contributed by atoms with Crippen LogP contribution in [-0.4, -0.2) is 10.1 Å². The van der Waals surface area contributed by atoms with Crippen LogP contribution in [0.3, 0.4) is 0 Å². The van der Waals surface area contributed by atoms with E-state index in [1.54, 1.807) is 0 Å². The van der Waals surface area contributed by atoms with E-state index < -0.39 is 5.54 Å². The molecule has 0 amide bonds. The van der Waals surface area contributed by atoms with Gasteiger partial charge in [-0.3, -0.25) is 0 Å². The van der Waals surface area contributed by atoms with Crippen molar-refractivity contribution in [2.45, 2.75) is 38.1 Å². The van der Waals surface area contributed by atoms with Crippen molar-refractivity contribution in [3.63, 3.8) is 0 Å². The predicted octanol–water partition coefficient (Wildman–Crippen LogP) is 3.19. The van der Waals surface area contributed by atoms with Crippen LogP contribution in [0.25, 0.3) is 11.4 Å². The van der Waals surface area contributed by atoms with Crippen LogP contribution in [0.15, 0.2) is 28.8 Å². The molecule has 2 N–H and O–H groups in total. The molecule has 0 unspecified atom stereocenters. The number of halogens is 1. The summed E-state index contributed by atoms with van der Waals surface area (Å²) < 4.78 is 5.35. The number of nitrogens with two attached hydrogens (primary N) is 1. The van der Waals surface area contributed by atoms with Crippen molar-refractivity contribution in [1.82, 2.24) is 10.1 Å². The molecule has 102 valence electrons. The molecule has 0 atom stereocenters. The summed E-state index contributed by atoms with van der Waals surface area (Å²) in [7, 11) is 0. The summed E-state index contributed by atoms with van der Waals surface area (Å²) in [6, 6.07) is 8.09. The largest absolute Gasteiger partial charge is 0.337 e. The van der Waals surface area contributed by atoms with Crippen molar-refractivity contribution in [2.75, 3.05) is 0 Å². The molecular weight excluding hydrogens is 262 g/mol. The molecule has 1 aromatic carbocycles. The van der Waals surface area contributed by atoms with E-state index in [-0.39, 0.29) is 12.4 Å². The lowest BCUT2D eigenvalue weighted by Gasteiger charge is -2.17. The van der Waals surface area contributed by atoms with E-state index in [1.807, 2.05) is 24.3 Å². The zero-order valence-corrected chi connectivity index (χ0v) is 11.7. The average molecular weight is 280 g/mol. The summed E-state index contributed by atoms with van der Waals surface area (Å²) in [5.74, 6) is 1.21. The lowest BCUT2D eigenvalue weighted by Crippen LogP contribution is -2.33. The number of aryl methyl sites for hydroxylation is 1. The molecule has 1 heterocycles. The zero-order valence-electron chi connectivity index (χ0n) is 10.9. The molecule has 3 rings (SSSR count). The van der Waals surface area contributed by atoms with Crippen LogP contribution in [0.2, 0.25) is 0 Å². The van der Waals surface area contributed by atoms with Gasteiger partial charge in [-0.15, -0.1) is 12.4 Å². The molecule has 4 nitrogen and oxygen atoms in total. The van der Waals surface area contributed by atoms with E-state index in [2.05, 4.69) is 17.1 Å². The van der Waals surface area contributed by atoms with Gasteiger partial charge in [0.2, 0.25) is 11.7 Å². The van der Waals surface area contributed by atoms with Gasteiger partial charge < -0.3 is 10.3 Å². The van der Waals surface area contributed by atoms with Crippen molar-refractivity contribution in [2.24, 2.45) is 5.73 Å². The predicted molar refractivity (Wildman–Crippen MR) is 76.1 cm³/mol. The molecule has 5 heteroatoms. The minimum absolute atomic E-state index is 0. The first kappa shape index (κ1) is 14.0. The summed E-state index contributed by atoms with van der Waals surface area (Å²) >= 11 is 0. The van der Waals surface area contributed by atoms with Crippen molar-refractivity contribution >= 4 is 12.4 Å². The summed E-state index contributed by atoms with van der Waals surface area (Å²) in [6.45, 7) is 2.05. The first-order chi connectivity index (χ1) is 8.67. The summed E-state index contributed by atoms with van der Waals surface area (Å²) in [6.07, 6.45) is 4.14. The highest BCUT2D eigenvalue weighted by Crippen LogP contribution is 2.35. The Bertz CT molecular complexity index is 544. The van der Waals surface area contributed by atoms with Gasteiger partial charge in [0.15, 0.2) is 0 Å². The number of hydrogen-bond acceptors (Lipinski definition) is 4. The molecule has 0 aliphatic heterocycles. The van der Waals surface area contributed by atoms with Crippen LogP contribution in [0.1, 0.15) is 37.1 Å². The number of benzene rings is 1. The van der Waals surface area contributed by atoms with E-state index in [0.717, 1.165) is 31.2 Å². The van der Waals surface area contributed by atoms with Gasteiger partial charge in [-0.25, -0.2) is 0 Å². The molecule has 0 radical (unpaired) electrons. The Hall–Kier alpha value is -1.39. The van der Waals surface area contributed by atoms with E-state index >= 15 is 0 Å². The van der Waals surface area contributed by atoms with Gasteiger partial charge in [-0.05, 0) is 19.8 Å². The molecule has 1 aliphatic carbocycles. The monoisotopic (exact) mass is 279 g/mol. The van der Waals surface area contributed by atoms with Crippen LogP contribution in [0, 0.1) is 6.92 Å². The fraction of sp³-hybridized carbons (Fsp3) is 0.429. The Balaban J connectivity index is 0.00000133. The molecule has 1 saturated carbocycles. The maximum atomic E-state index is 6.30. The van der Waals surface area contributed by atoms with Crippen LogP contribution in [0.5, 0.6) is 0 Å². The van der Waals surface area contributed by atoms with Crippen molar-refractivity contribution in [3.8, 4) is 11.4 Å². The first-order valence-electron chi connectivity index (χ1n) is 6.37. The van der Waals surface area contributed by atoms with E-state index in [9.17, 15) is 0 Å². The standard InChI is InChI=1S/C14H17N3O.ClH/c1-10-4-6-11(7-5-10)12-16-13(18-17-12)14(15)8-2-3-9-14;/h4-7H,2-3,8-9,15H2,1H3;1H. The van der Waals surface area contributed by atoms with E-state index in [1.165, 1.54) is 5.56 Å². The summed E-state index contributed by atoms with van der Waals surface area (Å²) in [5.41, 5.74) is 8.08. The Morgan fingerprint density at radius 2 is 1.79 bits per heavy atom. The average Bonchev–Trinajstić information content (AvgIpc) is 2.99. The minimum Gasteiger partial charge on any atom is -0.337 e. The van der Waals surface area contributed by atoms with Gasteiger partial charge in [0.1, 0.15) is 0 Å². The van der Waals surface area contributed by atoms with Gasteiger partial charge in [0, 0.05) is 5.56 Å². The van der Waals surface area contributed by atoms with Gasteiger partial charge in [-0.1, -0.05) is 47.8 Å². The van der Waals surface area contributed by atoms with E-state index in [0.29, 0.717) is 11.7 Å². The Kier molecular flexibility index (Phi) is 3.92. The van der Waals surface area contributed by atoms with Crippen LogP contribution in [-0.2, 0) is 5.54 Å². The second kappa shape index (κ2) is 5.31. The molecule has 0 saturated heterocycles. The third-order valence-electron chi connectivity index (χ3n) is 3.66. The SMILES string of the molecule is Cc1ccc(-c2noc(C3(N)CCCC3)n2)cc1.Cl. The number of rotatable bonds is 2. The zero-order chi connectivity index (χ0) is 12.6. The Morgan fingerprint density at radius 3 is 2.42 bits per heavy atom. The minimum atomic E-state index is -0.407. The second-order valence-corrected chi connectivity index (χ2v) is 5.15. The van der Waals surface area contributed by atoms with Crippen molar-refractivity contribution in [3.05, 3.63) is 35.7 Å². The number of hydrogen-bond donors (Lipinski definition) is 1. The number of nitrogens with zero attached hydrogens (tertiary/aromatic N) is 2. The van der Waals surface area contributed by atoms with Crippen LogP contribution in [0.4, 0.5) is 0 Å². The normalized spacial score (nSPS) is 17.2. The van der Waals surface area contributed by atoms with E-state index in [4.69, 9.17) is 10.3 Å². The molecule has 2 aromatic rings. The van der Waals surface area contributed by atoms with Crippen LogP contribution >= 0.6 is 12.4 Å². The van der Waals surface area contributed by atoms with Gasteiger partial charge in [-0.2, -0.15) is 4.98 Å². The molecule has 0 spiro atoms. The quantitative estimate of drug-likeness (QED) is 0.917. The summed E-state index contributed by atoms with van der Waals surface area (Å²) in [4.78, 5) is 4.46. The maximum Gasteiger partial charge on any atom is 0.247 e. The highest BCUT2D eigenvalue weighted by Gasteiger charge is 2.36. The Labute approximate surface area is 118 Å². The van der Waals surface area contributed by atoms with Gasteiger partial charge in [0.05, 0.1) is 5.54 Å². The lowest BCUT2D eigenvalue weighted by atomic mass is 9.99. The highest BCUT2D eigenvalue weighted by atomic mass is 35.5. The fourth-order valence-electron chi connectivity index (χ4n) is 2.47. The van der Waals surface area contributed by atoms with Gasteiger partial charge in [0.25, 0.3) is 0 Å². The smallest absolute Gasteiger partial charge is 0.247 e.